The van der Waals surface area contributed by atoms with Crippen LogP contribution in [0, 0.1) is 5.92 Å². The first-order valence-electron chi connectivity index (χ1n) is 8.36. The van der Waals surface area contributed by atoms with Crippen LogP contribution in [0.15, 0.2) is 36.5 Å². The number of fused-ring (bicyclic) bond motifs is 1. The van der Waals surface area contributed by atoms with Gasteiger partial charge in [0.25, 0.3) is 5.91 Å². The zero-order valence-electron chi connectivity index (χ0n) is 15.0. The van der Waals surface area contributed by atoms with Crippen molar-refractivity contribution in [3.8, 4) is 0 Å². The second kappa shape index (κ2) is 8.94. The molecular formula is C19H22N2O5. The van der Waals surface area contributed by atoms with E-state index in [0.29, 0.717) is 11.9 Å². The molecule has 0 aliphatic rings. The molecule has 0 spiro atoms. The SMILES string of the molecule is CC[C@@H](C)[C@H](NC(=O)COC(=O)c1cccc2cccnc12)C(=O)OC. The van der Waals surface area contributed by atoms with Gasteiger partial charge in [0, 0.05) is 11.6 Å². The number of carbonyl (C=O) groups is 3. The molecule has 0 bridgehead atoms. The summed E-state index contributed by atoms with van der Waals surface area (Å²) in [7, 11) is 1.26. The van der Waals surface area contributed by atoms with Crippen LogP contribution >= 0.6 is 0 Å². The Labute approximate surface area is 151 Å². The van der Waals surface area contributed by atoms with Crippen LogP contribution in [-0.2, 0) is 19.1 Å². The summed E-state index contributed by atoms with van der Waals surface area (Å²) < 4.78 is 9.79. The molecule has 1 heterocycles. The second-order valence-electron chi connectivity index (χ2n) is 5.91. The maximum absolute atomic E-state index is 12.3. The van der Waals surface area contributed by atoms with Gasteiger partial charge < -0.3 is 14.8 Å². The lowest BCUT2D eigenvalue weighted by molar-refractivity contribution is -0.147. The number of rotatable bonds is 7. The van der Waals surface area contributed by atoms with E-state index in [1.165, 1.54) is 7.11 Å². The maximum Gasteiger partial charge on any atom is 0.340 e. The highest BCUT2D eigenvalue weighted by atomic mass is 16.5. The van der Waals surface area contributed by atoms with Crippen molar-refractivity contribution in [3.05, 3.63) is 42.1 Å². The normalized spacial score (nSPS) is 12.9. The minimum Gasteiger partial charge on any atom is -0.467 e. The average molecular weight is 358 g/mol. The van der Waals surface area contributed by atoms with Crippen LogP contribution in [-0.4, -0.2) is 42.6 Å². The quantitative estimate of drug-likeness (QED) is 0.762. The molecule has 0 saturated carbocycles. The Morgan fingerprint density at radius 2 is 1.92 bits per heavy atom. The fraction of sp³-hybridized carbons (Fsp3) is 0.368. The molecule has 26 heavy (non-hydrogen) atoms. The molecule has 1 aromatic carbocycles. The summed E-state index contributed by atoms with van der Waals surface area (Å²) in [4.78, 5) is 40.4. The monoisotopic (exact) mass is 358 g/mol. The fourth-order valence-electron chi connectivity index (χ4n) is 2.49. The molecule has 0 saturated heterocycles. The number of nitrogens with one attached hydrogen (secondary N) is 1. The summed E-state index contributed by atoms with van der Waals surface area (Å²) in [5.74, 6) is -1.86. The van der Waals surface area contributed by atoms with E-state index in [0.717, 1.165) is 5.39 Å². The van der Waals surface area contributed by atoms with Gasteiger partial charge in [0.05, 0.1) is 18.2 Å². The van der Waals surface area contributed by atoms with Gasteiger partial charge in [-0.2, -0.15) is 0 Å². The molecule has 0 aliphatic carbocycles. The van der Waals surface area contributed by atoms with E-state index in [9.17, 15) is 14.4 Å². The number of para-hydroxylation sites is 1. The number of amides is 1. The van der Waals surface area contributed by atoms with Gasteiger partial charge >= 0.3 is 11.9 Å². The summed E-state index contributed by atoms with van der Waals surface area (Å²) in [5.41, 5.74) is 0.787. The van der Waals surface area contributed by atoms with Crippen molar-refractivity contribution >= 4 is 28.7 Å². The number of benzene rings is 1. The third-order valence-electron chi connectivity index (χ3n) is 4.17. The number of hydrogen-bond acceptors (Lipinski definition) is 6. The molecule has 7 nitrogen and oxygen atoms in total. The number of pyridine rings is 1. The van der Waals surface area contributed by atoms with Crippen LogP contribution in [0.2, 0.25) is 0 Å². The summed E-state index contributed by atoms with van der Waals surface area (Å²) in [6, 6.07) is 7.96. The zero-order chi connectivity index (χ0) is 19.1. The number of aromatic nitrogens is 1. The van der Waals surface area contributed by atoms with E-state index >= 15 is 0 Å². The van der Waals surface area contributed by atoms with Gasteiger partial charge in [-0.3, -0.25) is 9.78 Å². The first kappa shape index (κ1) is 19.4. The zero-order valence-corrected chi connectivity index (χ0v) is 15.0. The predicted molar refractivity (Wildman–Crippen MR) is 95.4 cm³/mol. The third kappa shape index (κ3) is 4.56. The van der Waals surface area contributed by atoms with Crippen molar-refractivity contribution in [1.82, 2.24) is 10.3 Å². The van der Waals surface area contributed by atoms with E-state index in [1.807, 2.05) is 26.0 Å². The minimum absolute atomic E-state index is 0.107. The first-order chi connectivity index (χ1) is 12.5. The van der Waals surface area contributed by atoms with Crippen molar-refractivity contribution in [2.45, 2.75) is 26.3 Å². The predicted octanol–water partition coefficient (Wildman–Crippen LogP) is 2.10. The van der Waals surface area contributed by atoms with Crippen LogP contribution in [0.5, 0.6) is 0 Å². The van der Waals surface area contributed by atoms with Crippen LogP contribution in [0.25, 0.3) is 10.9 Å². The molecule has 2 rings (SSSR count). The standard InChI is InChI=1S/C19H22N2O5/c1-4-12(2)16(19(24)25-3)21-15(22)11-26-18(23)14-9-5-7-13-8-6-10-20-17(13)14/h5-10,12,16H,4,11H2,1-3H3,(H,21,22)/t12-,16+/m1/s1. The lowest BCUT2D eigenvalue weighted by Gasteiger charge is -2.21. The Balaban J connectivity index is 2.02. The highest BCUT2D eigenvalue weighted by Crippen LogP contribution is 2.16. The fourth-order valence-corrected chi connectivity index (χ4v) is 2.49. The average Bonchev–Trinajstić information content (AvgIpc) is 2.68. The maximum atomic E-state index is 12.3. The Bertz CT molecular complexity index is 800. The van der Waals surface area contributed by atoms with Gasteiger partial charge in [-0.15, -0.1) is 0 Å². The van der Waals surface area contributed by atoms with Crippen LogP contribution in [0.4, 0.5) is 0 Å². The number of hydrogen-bond donors (Lipinski definition) is 1. The first-order valence-corrected chi connectivity index (χ1v) is 8.36. The Kier molecular flexibility index (Phi) is 6.66. The summed E-state index contributed by atoms with van der Waals surface area (Å²) in [5, 5.41) is 3.36. The van der Waals surface area contributed by atoms with E-state index in [1.54, 1.807) is 24.4 Å². The third-order valence-corrected chi connectivity index (χ3v) is 4.17. The van der Waals surface area contributed by atoms with Crippen LogP contribution < -0.4 is 5.32 Å². The smallest absolute Gasteiger partial charge is 0.340 e. The molecule has 1 amide bonds. The van der Waals surface area contributed by atoms with E-state index in [4.69, 9.17) is 9.47 Å². The number of methoxy groups -OCH3 is 1. The van der Waals surface area contributed by atoms with E-state index in [-0.39, 0.29) is 11.5 Å². The Morgan fingerprint density at radius 3 is 2.62 bits per heavy atom. The van der Waals surface area contributed by atoms with Crippen LogP contribution in [0.1, 0.15) is 30.6 Å². The summed E-state index contributed by atoms with van der Waals surface area (Å²) in [6.45, 7) is 3.24. The lowest BCUT2D eigenvalue weighted by atomic mass is 9.99. The lowest BCUT2D eigenvalue weighted by Crippen LogP contribution is -2.47. The van der Waals surface area contributed by atoms with Gasteiger partial charge in [-0.05, 0) is 18.1 Å². The summed E-state index contributed by atoms with van der Waals surface area (Å²) in [6.07, 6.45) is 2.26. The highest BCUT2D eigenvalue weighted by molar-refractivity contribution is 6.03. The van der Waals surface area contributed by atoms with Gasteiger partial charge in [-0.1, -0.05) is 38.5 Å². The molecule has 1 N–H and O–H groups in total. The molecule has 138 valence electrons. The number of ether oxygens (including phenoxy) is 2. The molecule has 0 fully saturated rings. The van der Waals surface area contributed by atoms with E-state index in [2.05, 4.69) is 10.3 Å². The van der Waals surface area contributed by atoms with Crippen molar-refractivity contribution in [3.63, 3.8) is 0 Å². The molecule has 2 aromatic rings. The molecule has 7 heteroatoms. The number of esters is 2. The molecule has 2 atom stereocenters. The Hall–Kier alpha value is -2.96. The van der Waals surface area contributed by atoms with Gasteiger partial charge in [0.2, 0.25) is 0 Å². The number of carbonyl (C=O) groups excluding carboxylic acids is 3. The van der Waals surface area contributed by atoms with Crippen molar-refractivity contribution in [2.75, 3.05) is 13.7 Å². The molecule has 1 aromatic heterocycles. The largest absolute Gasteiger partial charge is 0.467 e. The van der Waals surface area contributed by atoms with Crippen molar-refractivity contribution < 1.29 is 23.9 Å². The Morgan fingerprint density at radius 1 is 1.19 bits per heavy atom. The van der Waals surface area contributed by atoms with E-state index < -0.39 is 30.5 Å². The van der Waals surface area contributed by atoms with Gasteiger partial charge in [0.1, 0.15) is 6.04 Å². The topological polar surface area (TPSA) is 94.6 Å². The van der Waals surface area contributed by atoms with Crippen LogP contribution in [0.3, 0.4) is 0 Å². The van der Waals surface area contributed by atoms with Gasteiger partial charge in [0.15, 0.2) is 6.61 Å². The molecule has 0 unspecified atom stereocenters. The molecule has 0 radical (unpaired) electrons. The second-order valence-corrected chi connectivity index (χ2v) is 5.91. The summed E-state index contributed by atoms with van der Waals surface area (Å²) >= 11 is 0. The molecule has 0 aliphatic heterocycles. The van der Waals surface area contributed by atoms with Crippen molar-refractivity contribution in [2.24, 2.45) is 5.92 Å². The minimum atomic E-state index is -0.782. The van der Waals surface area contributed by atoms with Crippen molar-refractivity contribution in [1.29, 1.82) is 0 Å². The molecular weight excluding hydrogens is 336 g/mol. The number of nitrogens with zero attached hydrogens (tertiary/aromatic N) is 1. The van der Waals surface area contributed by atoms with Gasteiger partial charge in [-0.25, -0.2) is 9.59 Å². The highest BCUT2D eigenvalue weighted by Gasteiger charge is 2.27.